The van der Waals surface area contributed by atoms with Gasteiger partial charge in [0.1, 0.15) is 23.8 Å². The van der Waals surface area contributed by atoms with E-state index in [0.29, 0.717) is 33.6 Å². The van der Waals surface area contributed by atoms with Crippen LogP contribution < -0.4 is 22.1 Å². The standard InChI is InChI=1S/C24H20N10O5/c1-34-17-8-12(2-7-18(17)39-24(34)38)10-26-22(36)15-9-16(28-11-27-15)23(37)29-19(20(25)35)13-3-5-14(6-4-13)21-30-32-33-31-21/h2-9,11,19H,10H2,1H3,(H2,25,35)(H,26,36)(H,29,37)(H,30,31,32,33)/t19-/m1/s1. The van der Waals surface area contributed by atoms with E-state index in [1.807, 2.05) is 0 Å². The van der Waals surface area contributed by atoms with E-state index in [-0.39, 0.29) is 17.9 Å². The van der Waals surface area contributed by atoms with Crippen molar-refractivity contribution in [3.05, 3.63) is 87.9 Å². The van der Waals surface area contributed by atoms with Crippen LogP contribution in [0.5, 0.6) is 0 Å². The normalized spacial score (nSPS) is 11.7. The number of hydrogen-bond acceptors (Lipinski definition) is 10. The van der Waals surface area contributed by atoms with E-state index in [1.54, 1.807) is 49.5 Å². The lowest BCUT2D eigenvalue weighted by Gasteiger charge is -2.16. The van der Waals surface area contributed by atoms with Crippen molar-refractivity contribution in [3.8, 4) is 11.4 Å². The van der Waals surface area contributed by atoms with E-state index in [4.69, 9.17) is 10.2 Å². The molecule has 0 saturated carbocycles. The second-order valence-corrected chi connectivity index (χ2v) is 8.37. The summed E-state index contributed by atoms with van der Waals surface area (Å²) in [7, 11) is 1.58. The van der Waals surface area contributed by atoms with Gasteiger partial charge in [0, 0.05) is 25.2 Å². The van der Waals surface area contributed by atoms with Gasteiger partial charge in [-0.2, -0.15) is 5.21 Å². The van der Waals surface area contributed by atoms with Crippen molar-refractivity contribution in [2.75, 3.05) is 0 Å². The van der Waals surface area contributed by atoms with Crippen LogP contribution in [0.15, 0.2) is 64.1 Å². The Morgan fingerprint density at radius 2 is 1.79 bits per heavy atom. The topological polar surface area (TPSA) is 217 Å². The monoisotopic (exact) mass is 528 g/mol. The van der Waals surface area contributed by atoms with Crippen LogP contribution in [0, 0.1) is 0 Å². The van der Waals surface area contributed by atoms with Crippen LogP contribution in [0.4, 0.5) is 0 Å². The lowest BCUT2D eigenvalue weighted by molar-refractivity contribution is -0.120. The molecule has 0 saturated heterocycles. The number of oxazole rings is 1. The number of nitrogens with two attached hydrogens (primary N) is 1. The molecule has 0 unspecified atom stereocenters. The maximum atomic E-state index is 12.9. The highest BCUT2D eigenvalue weighted by molar-refractivity contribution is 5.99. The fourth-order valence-electron chi connectivity index (χ4n) is 3.79. The average molecular weight is 528 g/mol. The van der Waals surface area contributed by atoms with Gasteiger partial charge in [-0.15, -0.1) is 10.2 Å². The molecule has 15 heteroatoms. The molecule has 196 valence electrons. The first-order valence-electron chi connectivity index (χ1n) is 11.4. The number of nitrogens with zero attached hydrogens (tertiary/aromatic N) is 6. The summed E-state index contributed by atoms with van der Waals surface area (Å²) in [4.78, 5) is 57.3. The molecule has 0 aliphatic rings. The molecule has 3 heterocycles. The third-order valence-corrected chi connectivity index (χ3v) is 5.85. The fraction of sp³-hybridized carbons (Fsp3) is 0.125. The SMILES string of the molecule is Cn1c(=O)oc2ccc(CNC(=O)c3cc(C(=O)N[C@@H](C(N)=O)c4ccc(-c5nn[nH]n5)cc4)ncn3)cc21. The molecule has 0 aliphatic carbocycles. The Hall–Kier alpha value is -5.73. The minimum Gasteiger partial charge on any atom is -0.408 e. The van der Waals surface area contributed by atoms with E-state index in [9.17, 15) is 19.2 Å². The highest BCUT2D eigenvalue weighted by Crippen LogP contribution is 2.19. The van der Waals surface area contributed by atoms with E-state index in [2.05, 4.69) is 41.2 Å². The summed E-state index contributed by atoms with van der Waals surface area (Å²) >= 11 is 0. The third-order valence-electron chi connectivity index (χ3n) is 5.85. The molecule has 5 aromatic rings. The Labute approximate surface area is 218 Å². The van der Waals surface area contributed by atoms with Gasteiger partial charge in [-0.25, -0.2) is 14.8 Å². The third kappa shape index (κ3) is 5.22. The maximum Gasteiger partial charge on any atom is 0.419 e. The zero-order valence-corrected chi connectivity index (χ0v) is 20.3. The molecule has 5 N–H and O–H groups in total. The van der Waals surface area contributed by atoms with Crippen molar-refractivity contribution in [2.24, 2.45) is 12.8 Å². The predicted molar refractivity (Wildman–Crippen MR) is 134 cm³/mol. The molecule has 0 aliphatic heterocycles. The minimum absolute atomic E-state index is 0.0629. The van der Waals surface area contributed by atoms with Gasteiger partial charge < -0.3 is 20.8 Å². The number of tetrazole rings is 1. The molecule has 0 bridgehead atoms. The first-order chi connectivity index (χ1) is 18.8. The minimum atomic E-state index is -1.17. The molecular formula is C24H20N10O5. The molecule has 2 aromatic carbocycles. The number of amides is 3. The number of benzene rings is 2. The highest BCUT2D eigenvalue weighted by atomic mass is 16.4. The smallest absolute Gasteiger partial charge is 0.408 e. The summed E-state index contributed by atoms with van der Waals surface area (Å²) in [5.41, 5.74) is 8.12. The Morgan fingerprint density at radius 3 is 2.49 bits per heavy atom. The molecule has 0 fully saturated rings. The maximum absolute atomic E-state index is 12.9. The second kappa shape index (κ2) is 10.3. The number of H-pyrrole nitrogens is 1. The Morgan fingerprint density at radius 1 is 1.05 bits per heavy atom. The predicted octanol–water partition coefficient (Wildman–Crippen LogP) is -0.0120. The van der Waals surface area contributed by atoms with Crippen LogP contribution in [0.25, 0.3) is 22.5 Å². The Bertz CT molecular complexity index is 1740. The number of carbonyl (C=O) groups is 3. The molecule has 0 spiro atoms. The lowest BCUT2D eigenvalue weighted by atomic mass is 10.0. The first kappa shape index (κ1) is 24.9. The van der Waals surface area contributed by atoms with Crippen LogP contribution in [-0.4, -0.2) is 52.9 Å². The summed E-state index contributed by atoms with van der Waals surface area (Å²) in [6.07, 6.45) is 1.07. The van der Waals surface area contributed by atoms with Gasteiger partial charge in [0.15, 0.2) is 5.58 Å². The van der Waals surface area contributed by atoms with Crippen LogP contribution in [-0.2, 0) is 18.4 Å². The van der Waals surface area contributed by atoms with Gasteiger partial charge in [0.05, 0.1) is 5.52 Å². The van der Waals surface area contributed by atoms with Crippen molar-refractivity contribution < 1.29 is 18.8 Å². The van der Waals surface area contributed by atoms with E-state index >= 15 is 0 Å². The molecule has 15 nitrogen and oxygen atoms in total. The highest BCUT2D eigenvalue weighted by Gasteiger charge is 2.23. The summed E-state index contributed by atoms with van der Waals surface area (Å²) in [5.74, 6) is -2.22. The summed E-state index contributed by atoms with van der Waals surface area (Å²) in [5, 5.41) is 18.8. The number of aromatic nitrogens is 7. The number of aryl methyl sites for hydroxylation is 1. The largest absolute Gasteiger partial charge is 0.419 e. The summed E-state index contributed by atoms with van der Waals surface area (Å²) in [6.45, 7) is 0.128. The van der Waals surface area contributed by atoms with Crippen molar-refractivity contribution >= 4 is 28.8 Å². The molecule has 3 amide bonds. The number of carbonyl (C=O) groups excluding carboxylic acids is 3. The molecule has 3 aromatic heterocycles. The number of hydrogen-bond donors (Lipinski definition) is 4. The lowest BCUT2D eigenvalue weighted by Crippen LogP contribution is -2.38. The van der Waals surface area contributed by atoms with Crippen molar-refractivity contribution in [2.45, 2.75) is 12.6 Å². The molecule has 1 atom stereocenters. The average Bonchev–Trinajstić information content (AvgIpc) is 3.58. The van der Waals surface area contributed by atoms with Crippen LogP contribution in [0.3, 0.4) is 0 Å². The van der Waals surface area contributed by atoms with Gasteiger partial charge in [0.25, 0.3) is 11.8 Å². The fourth-order valence-corrected chi connectivity index (χ4v) is 3.79. The van der Waals surface area contributed by atoms with E-state index < -0.39 is 29.5 Å². The van der Waals surface area contributed by atoms with Crippen molar-refractivity contribution in [1.82, 2.24) is 45.8 Å². The van der Waals surface area contributed by atoms with Gasteiger partial charge in [0.2, 0.25) is 11.7 Å². The summed E-state index contributed by atoms with van der Waals surface area (Å²) < 4.78 is 6.46. The Kier molecular flexibility index (Phi) is 6.61. The van der Waals surface area contributed by atoms with E-state index in [1.165, 1.54) is 10.6 Å². The van der Waals surface area contributed by atoms with Crippen LogP contribution >= 0.6 is 0 Å². The van der Waals surface area contributed by atoms with Gasteiger partial charge in [-0.05, 0) is 28.5 Å². The van der Waals surface area contributed by atoms with Crippen molar-refractivity contribution in [3.63, 3.8) is 0 Å². The number of aromatic amines is 1. The van der Waals surface area contributed by atoms with E-state index in [0.717, 1.165) is 6.33 Å². The summed E-state index contributed by atoms with van der Waals surface area (Å²) in [6, 6.07) is 11.6. The first-order valence-corrected chi connectivity index (χ1v) is 11.4. The number of rotatable bonds is 8. The van der Waals surface area contributed by atoms with Crippen LogP contribution in [0.1, 0.15) is 38.1 Å². The van der Waals surface area contributed by atoms with Gasteiger partial charge in [-0.3, -0.25) is 19.0 Å². The van der Waals surface area contributed by atoms with Gasteiger partial charge in [-0.1, -0.05) is 30.3 Å². The zero-order valence-electron chi connectivity index (χ0n) is 20.3. The molecular weight excluding hydrogens is 508 g/mol. The second-order valence-electron chi connectivity index (χ2n) is 8.37. The number of nitrogens with one attached hydrogen (secondary N) is 3. The molecule has 0 radical (unpaired) electrons. The van der Waals surface area contributed by atoms with Crippen molar-refractivity contribution in [1.29, 1.82) is 0 Å². The Balaban J connectivity index is 1.26. The number of primary amides is 1. The molecule has 5 rings (SSSR count). The van der Waals surface area contributed by atoms with Crippen LogP contribution in [0.2, 0.25) is 0 Å². The molecule has 39 heavy (non-hydrogen) atoms. The quantitative estimate of drug-likeness (QED) is 0.211. The van der Waals surface area contributed by atoms with Gasteiger partial charge >= 0.3 is 5.76 Å². The number of fused-ring (bicyclic) bond motifs is 1. The zero-order chi connectivity index (χ0) is 27.5.